The van der Waals surface area contributed by atoms with Gasteiger partial charge in [0.05, 0.1) is 5.69 Å². The van der Waals surface area contributed by atoms with Crippen molar-refractivity contribution < 1.29 is 4.79 Å². The first-order valence-corrected chi connectivity index (χ1v) is 7.57. The van der Waals surface area contributed by atoms with Crippen LogP contribution in [0, 0.1) is 0 Å². The molecule has 0 aliphatic rings. The highest BCUT2D eigenvalue weighted by atomic mass is 79.9. The summed E-state index contributed by atoms with van der Waals surface area (Å²) in [6.07, 6.45) is 0. The van der Waals surface area contributed by atoms with Crippen molar-refractivity contribution in [2.45, 2.75) is 0 Å². The molecule has 0 aliphatic heterocycles. The quantitative estimate of drug-likeness (QED) is 0.641. The van der Waals surface area contributed by atoms with E-state index in [0.717, 1.165) is 20.9 Å². The van der Waals surface area contributed by atoms with Crippen LogP contribution in [-0.4, -0.2) is 5.91 Å². The summed E-state index contributed by atoms with van der Waals surface area (Å²) in [5.41, 5.74) is 1.34. The Morgan fingerprint density at radius 3 is 2.43 bits per heavy atom. The Labute approximate surface area is 135 Å². The molecule has 1 N–H and O–H groups in total. The minimum atomic E-state index is -0.158. The van der Waals surface area contributed by atoms with E-state index in [4.69, 9.17) is 11.6 Å². The van der Waals surface area contributed by atoms with Crippen LogP contribution < -0.4 is 5.32 Å². The van der Waals surface area contributed by atoms with Gasteiger partial charge in [0.15, 0.2) is 0 Å². The molecule has 3 rings (SSSR count). The first-order valence-electron chi connectivity index (χ1n) is 6.40. The fraction of sp³-hybridized carbons (Fsp3) is 0. The van der Waals surface area contributed by atoms with Crippen molar-refractivity contribution in [2.75, 3.05) is 5.32 Å². The Morgan fingerprint density at radius 2 is 1.62 bits per heavy atom. The Bertz CT molecular complexity index is 832. The summed E-state index contributed by atoms with van der Waals surface area (Å²) in [6, 6.07) is 18.6. The number of hydrogen-bond acceptors (Lipinski definition) is 1. The lowest BCUT2D eigenvalue weighted by Crippen LogP contribution is -2.12. The lowest BCUT2D eigenvalue weighted by molar-refractivity contribution is 0.102. The zero-order chi connectivity index (χ0) is 14.8. The molecule has 0 saturated heterocycles. The molecule has 0 aliphatic carbocycles. The van der Waals surface area contributed by atoms with Crippen LogP contribution in [0.2, 0.25) is 5.02 Å². The monoisotopic (exact) mass is 359 g/mol. The third-order valence-corrected chi connectivity index (χ3v) is 4.26. The topological polar surface area (TPSA) is 29.1 Å². The first kappa shape index (κ1) is 14.1. The van der Waals surface area contributed by atoms with Gasteiger partial charge in [-0.15, -0.1) is 0 Å². The molecule has 1 amide bonds. The zero-order valence-electron chi connectivity index (χ0n) is 10.9. The van der Waals surface area contributed by atoms with E-state index in [1.807, 2.05) is 54.6 Å². The fourth-order valence-electron chi connectivity index (χ4n) is 2.22. The number of fused-ring (bicyclic) bond motifs is 1. The SMILES string of the molecule is O=C(Nc1ccccc1Br)c1cccc2c(Cl)cccc12. The molecular weight excluding hydrogens is 350 g/mol. The van der Waals surface area contributed by atoms with Crippen molar-refractivity contribution in [3.05, 3.63) is 75.7 Å². The molecule has 2 nitrogen and oxygen atoms in total. The highest BCUT2D eigenvalue weighted by molar-refractivity contribution is 9.10. The average molecular weight is 361 g/mol. The number of nitrogens with one attached hydrogen (secondary N) is 1. The summed E-state index contributed by atoms with van der Waals surface area (Å²) < 4.78 is 0.844. The van der Waals surface area contributed by atoms with Crippen molar-refractivity contribution in [1.82, 2.24) is 0 Å². The second-order valence-corrected chi connectivity index (χ2v) is 5.84. The molecule has 0 fully saturated rings. The Hall–Kier alpha value is -1.84. The summed E-state index contributed by atoms with van der Waals surface area (Å²) in [5, 5.41) is 5.27. The third kappa shape index (κ3) is 2.80. The van der Waals surface area contributed by atoms with E-state index in [1.54, 1.807) is 6.07 Å². The predicted octanol–water partition coefficient (Wildman–Crippen LogP) is 5.51. The highest BCUT2D eigenvalue weighted by Gasteiger charge is 2.12. The molecule has 0 atom stereocenters. The third-order valence-electron chi connectivity index (χ3n) is 3.24. The van der Waals surface area contributed by atoms with Crippen molar-refractivity contribution in [3.63, 3.8) is 0 Å². The summed E-state index contributed by atoms with van der Waals surface area (Å²) in [4.78, 5) is 12.5. The van der Waals surface area contributed by atoms with Gasteiger partial charge in [-0.25, -0.2) is 0 Å². The van der Waals surface area contributed by atoms with Gasteiger partial charge in [0.2, 0.25) is 0 Å². The second kappa shape index (κ2) is 5.88. The minimum Gasteiger partial charge on any atom is -0.321 e. The van der Waals surface area contributed by atoms with Gasteiger partial charge in [-0.05, 0) is 45.6 Å². The van der Waals surface area contributed by atoms with Gasteiger partial charge in [0, 0.05) is 20.4 Å². The maximum Gasteiger partial charge on any atom is 0.256 e. The van der Waals surface area contributed by atoms with Crippen LogP contribution in [0.25, 0.3) is 10.8 Å². The van der Waals surface area contributed by atoms with Gasteiger partial charge in [-0.2, -0.15) is 0 Å². The van der Waals surface area contributed by atoms with E-state index in [0.29, 0.717) is 10.6 Å². The molecule has 4 heteroatoms. The van der Waals surface area contributed by atoms with Gasteiger partial charge in [0.25, 0.3) is 5.91 Å². The van der Waals surface area contributed by atoms with E-state index in [-0.39, 0.29) is 5.91 Å². The number of amides is 1. The maximum atomic E-state index is 12.5. The van der Waals surface area contributed by atoms with Gasteiger partial charge < -0.3 is 5.32 Å². The van der Waals surface area contributed by atoms with Crippen LogP contribution >= 0.6 is 27.5 Å². The zero-order valence-corrected chi connectivity index (χ0v) is 13.3. The molecule has 0 saturated carbocycles. The Balaban J connectivity index is 2.03. The number of benzene rings is 3. The molecule has 0 radical (unpaired) electrons. The number of anilines is 1. The Kier molecular flexibility index (Phi) is 3.95. The molecule has 0 heterocycles. The number of carbonyl (C=O) groups excluding carboxylic acids is 1. The normalized spacial score (nSPS) is 10.6. The number of rotatable bonds is 2. The summed E-state index contributed by atoms with van der Waals surface area (Å²) in [5.74, 6) is -0.158. The lowest BCUT2D eigenvalue weighted by Gasteiger charge is -2.10. The van der Waals surface area contributed by atoms with Crippen LogP contribution in [0.1, 0.15) is 10.4 Å². The number of halogens is 2. The molecule has 104 valence electrons. The molecule has 0 unspecified atom stereocenters. The molecule has 0 aromatic heterocycles. The average Bonchev–Trinajstić information content (AvgIpc) is 2.49. The van der Waals surface area contributed by atoms with Gasteiger partial charge in [-0.1, -0.05) is 48.0 Å². The number of carbonyl (C=O) groups is 1. The summed E-state index contributed by atoms with van der Waals surface area (Å²) in [6.45, 7) is 0. The number of para-hydroxylation sites is 1. The van der Waals surface area contributed by atoms with Crippen LogP contribution in [0.15, 0.2) is 65.1 Å². The van der Waals surface area contributed by atoms with Crippen LogP contribution in [0.5, 0.6) is 0 Å². The predicted molar refractivity (Wildman–Crippen MR) is 91.1 cm³/mol. The van der Waals surface area contributed by atoms with E-state index in [9.17, 15) is 4.79 Å². The summed E-state index contributed by atoms with van der Waals surface area (Å²) in [7, 11) is 0. The van der Waals surface area contributed by atoms with Gasteiger partial charge in [0.1, 0.15) is 0 Å². The van der Waals surface area contributed by atoms with Crippen LogP contribution in [-0.2, 0) is 0 Å². The van der Waals surface area contributed by atoms with E-state index in [2.05, 4.69) is 21.2 Å². The molecule has 0 bridgehead atoms. The fourth-order valence-corrected chi connectivity index (χ4v) is 2.84. The number of hydrogen-bond donors (Lipinski definition) is 1. The van der Waals surface area contributed by atoms with Crippen molar-refractivity contribution in [2.24, 2.45) is 0 Å². The van der Waals surface area contributed by atoms with Crippen molar-refractivity contribution in [1.29, 1.82) is 0 Å². The van der Waals surface area contributed by atoms with E-state index < -0.39 is 0 Å². The first-order chi connectivity index (χ1) is 10.2. The highest BCUT2D eigenvalue weighted by Crippen LogP contribution is 2.27. The molecule has 3 aromatic rings. The van der Waals surface area contributed by atoms with Crippen LogP contribution in [0.3, 0.4) is 0 Å². The largest absolute Gasteiger partial charge is 0.321 e. The van der Waals surface area contributed by atoms with Crippen molar-refractivity contribution >= 4 is 49.9 Å². The minimum absolute atomic E-state index is 0.158. The van der Waals surface area contributed by atoms with Gasteiger partial charge in [-0.3, -0.25) is 4.79 Å². The second-order valence-electron chi connectivity index (χ2n) is 4.57. The van der Waals surface area contributed by atoms with Crippen molar-refractivity contribution in [3.8, 4) is 0 Å². The maximum absolute atomic E-state index is 12.5. The Morgan fingerprint density at radius 1 is 0.905 bits per heavy atom. The van der Waals surface area contributed by atoms with E-state index >= 15 is 0 Å². The molecular formula is C17H11BrClNO. The van der Waals surface area contributed by atoms with Crippen LogP contribution in [0.4, 0.5) is 5.69 Å². The smallest absolute Gasteiger partial charge is 0.256 e. The van der Waals surface area contributed by atoms with Gasteiger partial charge >= 0.3 is 0 Å². The lowest BCUT2D eigenvalue weighted by atomic mass is 10.0. The molecule has 21 heavy (non-hydrogen) atoms. The summed E-state index contributed by atoms with van der Waals surface area (Å²) >= 11 is 9.60. The van der Waals surface area contributed by atoms with E-state index in [1.165, 1.54) is 0 Å². The standard InChI is InChI=1S/C17H11BrClNO/c18-14-8-1-2-10-16(14)20-17(21)13-7-3-6-12-11(13)5-4-9-15(12)19/h1-10H,(H,20,21). The molecule has 3 aromatic carbocycles. The molecule has 0 spiro atoms.